The minimum atomic E-state index is -0.495. The topological polar surface area (TPSA) is 67.3 Å². The maximum atomic E-state index is 12.3. The highest BCUT2D eigenvalue weighted by Gasteiger charge is 2.32. The van der Waals surface area contributed by atoms with Gasteiger partial charge in [-0.15, -0.1) is 0 Å². The Morgan fingerprint density at radius 2 is 2.00 bits per heavy atom. The molecule has 1 N–H and O–H groups in total. The lowest BCUT2D eigenvalue weighted by Crippen LogP contribution is -2.42. The third kappa shape index (κ3) is 4.31. The monoisotopic (exact) mass is 362 g/mol. The summed E-state index contributed by atoms with van der Waals surface area (Å²) in [6.07, 6.45) is 1.61. The first-order valence-electron chi connectivity index (χ1n) is 8.49. The summed E-state index contributed by atoms with van der Waals surface area (Å²) in [5, 5.41) is 3.57. The number of fused-ring (bicyclic) bond motifs is 1. The van der Waals surface area contributed by atoms with Crippen LogP contribution in [0.4, 0.5) is 10.6 Å². The Balaban J connectivity index is 1.68. The van der Waals surface area contributed by atoms with Gasteiger partial charge in [0.2, 0.25) is 0 Å². The van der Waals surface area contributed by atoms with Crippen molar-refractivity contribution in [3.63, 3.8) is 0 Å². The van der Waals surface area contributed by atoms with Gasteiger partial charge < -0.3 is 15.0 Å². The van der Waals surface area contributed by atoms with E-state index in [1.165, 1.54) is 0 Å². The number of para-hydroxylation sites is 2. The Labute approximate surface area is 152 Å². The quantitative estimate of drug-likeness (QED) is 0.890. The van der Waals surface area contributed by atoms with Crippen LogP contribution < -0.4 is 5.32 Å². The number of ether oxygens (including phenoxy) is 1. The second kappa shape index (κ2) is 7.04. The maximum absolute atomic E-state index is 12.3. The SMILES string of the molecule is CC(C)(C)OC(=O)N1CCCC1CNc1nc2ccccc2nc1Cl. The Bertz CT molecular complexity index is 775. The van der Waals surface area contributed by atoms with Crippen molar-refractivity contribution in [1.29, 1.82) is 0 Å². The highest BCUT2D eigenvalue weighted by Crippen LogP contribution is 2.24. The third-order valence-corrected chi connectivity index (χ3v) is 4.30. The zero-order chi connectivity index (χ0) is 18.0. The third-order valence-electron chi connectivity index (χ3n) is 4.04. The molecule has 1 aromatic carbocycles. The van der Waals surface area contributed by atoms with Crippen LogP contribution in [0.5, 0.6) is 0 Å². The number of aromatic nitrogens is 2. The van der Waals surface area contributed by atoms with E-state index in [0.717, 1.165) is 23.9 Å². The number of likely N-dealkylation sites (tertiary alicyclic amines) is 1. The number of rotatable bonds is 3. The lowest BCUT2D eigenvalue weighted by molar-refractivity contribution is 0.0235. The van der Waals surface area contributed by atoms with E-state index in [1.807, 2.05) is 45.0 Å². The number of amides is 1. The number of carbonyl (C=O) groups is 1. The fraction of sp³-hybridized carbons (Fsp3) is 0.500. The van der Waals surface area contributed by atoms with Gasteiger partial charge in [-0.3, -0.25) is 0 Å². The lowest BCUT2D eigenvalue weighted by Gasteiger charge is -2.28. The normalized spacial score (nSPS) is 17.8. The van der Waals surface area contributed by atoms with Crippen LogP contribution in [0, 0.1) is 0 Å². The molecule has 3 rings (SSSR count). The molecule has 1 aliphatic heterocycles. The molecule has 0 radical (unpaired) electrons. The van der Waals surface area contributed by atoms with E-state index in [1.54, 1.807) is 4.90 Å². The summed E-state index contributed by atoms with van der Waals surface area (Å²) in [5.74, 6) is 0.538. The molecule has 25 heavy (non-hydrogen) atoms. The smallest absolute Gasteiger partial charge is 0.410 e. The molecule has 0 aliphatic carbocycles. The van der Waals surface area contributed by atoms with Crippen molar-refractivity contribution in [2.24, 2.45) is 0 Å². The number of nitrogens with zero attached hydrogens (tertiary/aromatic N) is 3. The molecule has 2 heterocycles. The van der Waals surface area contributed by atoms with Gasteiger partial charge in [0, 0.05) is 13.1 Å². The van der Waals surface area contributed by atoms with Crippen molar-refractivity contribution < 1.29 is 9.53 Å². The Hall–Kier alpha value is -2.08. The zero-order valence-corrected chi connectivity index (χ0v) is 15.5. The molecule has 6 nitrogen and oxygen atoms in total. The number of nitrogens with one attached hydrogen (secondary N) is 1. The summed E-state index contributed by atoms with van der Waals surface area (Å²) in [7, 11) is 0. The molecule has 1 atom stereocenters. The predicted octanol–water partition coefficient (Wildman–Crippen LogP) is 4.09. The largest absolute Gasteiger partial charge is 0.444 e. The molecule has 1 fully saturated rings. The standard InChI is InChI=1S/C18H23ClN4O2/c1-18(2,3)25-17(24)23-10-6-7-12(23)11-20-16-15(19)21-13-8-4-5-9-14(13)22-16/h4-5,8-9,12H,6-7,10-11H2,1-3H3,(H,20,22). The van der Waals surface area contributed by atoms with E-state index >= 15 is 0 Å². The van der Waals surface area contributed by atoms with Crippen LogP contribution in [0.2, 0.25) is 5.15 Å². The van der Waals surface area contributed by atoms with Crippen molar-refractivity contribution in [2.75, 3.05) is 18.4 Å². The highest BCUT2D eigenvalue weighted by atomic mass is 35.5. The van der Waals surface area contributed by atoms with Crippen LogP contribution >= 0.6 is 11.6 Å². The second-order valence-corrected chi connectivity index (χ2v) is 7.56. The van der Waals surface area contributed by atoms with Gasteiger partial charge in [-0.05, 0) is 45.7 Å². The molecule has 134 valence electrons. The number of halogens is 1. The molecule has 1 aliphatic rings. The number of anilines is 1. The van der Waals surface area contributed by atoms with Crippen LogP contribution in [-0.2, 0) is 4.74 Å². The molecule has 0 bridgehead atoms. The molecule has 1 aromatic heterocycles. The lowest BCUT2D eigenvalue weighted by atomic mass is 10.2. The van der Waals surface area contributed by atoms with Gasteiger partial charge in [0.05, 0.1) is 17.1 Å². The van der Waals surface area contributed by atoms with Gasteiger partial charge in [0.25, 0.3) is 0 Å². The minimum absolute atomic E-state index is 0.0548. The van der Waals surface area contributed by atoms with E-state index in [0.29, 0.717) is 24.1 Å². The van der Waals surface area contributed by atoms with Crippen molar-refractivity contribution >= 4 is 34.5 Å². The summed E-state index contributed by atoms with van der Waals surface area (Å²) in [6.45, 7) is 6.89. The van der Waals surface area contributed by atoms with Crippen LogP contribution in [0.1, 0.15) is 33.6 Å². The van der Waals surface area contributed by atoms with Gasteiger partial charge in [-0.25, -0.2) is 14.8 Å². The van der Waals surface area contributed by atoms with Crippen LogP contribution in [0.15, 0.2) is 24.3 Å². The predicted molar refractivity (Wildman–Crippen MR) is 99.0 cm³/mol. The summed E-state index contributed by atoms with van der Waals surface area (Å²) < 4.78 is 5.49. The fourth-order valence-electron chi connectivity index (χ4n) is 2.91. The number of hydrogen-bond acceptors (Lipinski definition) is 5. The van der Waals surface area contributed by atoms with E-state index in [4.69, 9.17) is 16.3 Å². The fourth-order valence-corrected chi connectivity index (χ4v) is 3.11. The van der Waals surface area contributed by atoms with E-state index in [9.17, 15) is 4.79 Å². The van der Waals surface area contributed by atoms with E-state index in [-0.39, 0.29) is 12.1 Å². The molecular weight excluding hydrogens is 340 g/mol. The molecule has 0 saturated carbocycles. The first kappa shape index (κ1) is 17.7. The molecular formula is C18H23ClN4O2. The molecule has 1 saturated heterocycles. The average Bonchev–Trinajstić information content (AvgIpc) is 3.00. The Morgan fingerprint density at radius 3 is 2.68 bits per heavy atom. The summed E-state index contributed by atoms with van der Waals surface area (Å²) in [6, 6.07) is 7.64. The van der Waals surface area contributed by atoms with Gasteiger partial charge in [-0.2, -0.15) is 0 Å². The Kier molecular flexibility index (Phi) is 4.99. The minimum Gasteiger partial charge on any atom is -0.444 e. The van der Waals surface area contributed by atoms with Crippen LogP contribution in [0.3, 0.4) is 0 Å². The van der Waals surface area contributed by atoms with Crippen molar-refractivity contribution in [3.8, 4) is 0 Å². The molecule has 1 unspecified atom stereocenters. The number of hydrogen-bond donors (Lipinski definition) is 1. The first-order chi connectivity index (χ1) is 11.8. The number of carbonyl (C=O) groups excluding carboxylic acids is 1. The summed E-state index contributed by atoms with van der Waals surface area (Å²) in [5.41, 5.74) is 1.05. The van der Waals surface area contributed by atoms with Crippen molar-refractivity contribution in [3.05, 3.63) is 29.4 Å². The average molecular weight is 363 g/mol. The first-order valence-corrected chi connectivity index (χ1v) is 8.87. The van der Waals surface area contributed by atoms with E-state index in [2.05, 4.69) is 15.3 Å². The van der Waals surface area contributed by atoms with Gasteiger partial charge in [0.1, 0.15) is 5.60 Å². The van der Waals surface area contributed by atoms with Crippen molar-refractivity contribution in [2.45, 2.75) is 45.3 Å². The Morgan fingerprint density at radius 1 is 1.32 bits per heavy atom. The zero-order valence-electron chi connectivity index (χ0n) is 14.8. The molecule has 0 spiro atoms. The highest BCUT2D eigenvalue weighted by molar-refractivity contribution is 6.32. The van der Waals surface area contributed by atoms with Crippen LogP contribution in [-0.4, -0.2) is 45.7 Å². The maximum Gasteiger partial charge on any atom is 0.410 e. The molecule has 7 heteroatoms. The molecule has 1 amide bonds. The molecule has 2 aromatic rings. The van der Waals surface area contributed by atoms with Crippen molar-refractivity contribution in [1.82, 2.24) is 14.9 Å². The summed E-state index contributed by atoms with van der Waals surface area (Å²) in [4.78, 5) is 23.0. The van der Waals surface area contributed by atoms with E-state index < -0.39 is 5.60 Å². The number of benzene rings is 1. The second-order valence-electron chi connectivity index (χ2n) is 7.20. The van der Waals surface area contributed by atoms with Crippen LogP contribution in [0.25, 0.3) is 11.0 Å². The van der Waals surface area contributed by atoms with Gasteiger partial charge in [-0.1, -0.05) is 23.7 Å². The van der Waals surface area contributed by atoms with Gasteiger partial charge in [0.15, 0.2) is 11.0 Å². The van der Waals surface area contributed by atoms with Gasteiger partial charge >= 0.3 is 6.09 Å². The summed E-state index contributed by atoms with van der Waals surface area (Å²) >= 11 is 6.23.